The molecule has 0 bridgehead atoms. The fourth-order valence-electron chi connectivity index (χ4n) is 2.49. The van der Waals surface area contributed by atoms with Crippen molar-refractivity contribution in [2.75, 3.05) is 6.26 Å². The quantitative estimate of drug-likeness (QED) is 0.438. The Morgan fingerprint density at radius 2 is 1.92 bits per heavy atom. The van der Waals surface area contributed by atoms with Gasteiger partial charge >= 0.3 is 0 Å². The average Bonchev–Trinajstić information content (AvgIpc) is 2.99. The molecule has 0 spiro atoms. The fraction of sp³-hybridized carbons (Fsp3) is 0.188. The predicted octanol–water partition coefficient (Wildman–Crippen LogP) is 5.10. The third-order valence-corrected chi connectivity index (χ3v) is 9.78. The van der Waals surface area contributed by atoms with Gasteiger partial charge in [0.15, 0.2) is 8.87 Å². The smallest absolute Gasteiger partial charge is 0.220 e. The number of halogens is 2. The largest absolute Gasteiger partial charge is 0.439 e. The van der Waals surface area contributed by atoms with Gasteiger partial charge in [-0.15, -0.1) is 9.93 Å². The molecule has 128 valence electrons. The van der Waals surface area contributed by atoms with Gasteiger partial charge in [-0.1, -0.05) is 29.3 Å². The zero-order valence-corrected chi connectivity index (χ0v) is 15.9. The van der Waals surface area contributed by atoms with Crippen molar-refractivity contribution in [3.8, 4) is 11.6 Å². The monoisotopic (exact) mass is 403 g/mol. The summed E-state index contributed by atoms with van der Waals surface area (Å²) in [5.41, 5.74) is 0.820. The lowest BCUT2D eigenvalue weighted by molar-refractivity contribution is 0.462. The highest BCUT2D eigenvalue weighted by molar-refractivity contribution is 8.82. The first-order valence-electron chi connectivity index (χ1n) is 7.09. The summed E-state index contributed by atoms with van der Waals surface area (Å²) < 4.78 is 29.7. The molecule has 2 heterocycles. The molecule has 8 heteroatoms. The molecule has 0 fully saturated rings. The average molecular weight is 404 g/mol. The van der Waals surface area contributed by atoms with E-state index in [1.54, 1.807) is 41.8 Å². The minimum Gasteiger partial charge on any atom is -0.439 e. The van der Waals surface area contributed by atoms with Crippen LogP contribution in [0.2, 0.25) is 10.2 Å². The van der Waals surface area contributed by atoms with E-state index in [2.05, 4.69) is 4.98 Å². The summed E-state index contributed by atoms with van der Waals surface area (Å²) in [5, 5.41) is 2.55. The van der Waals surface area contributed by atoms with E-state index < -0.39 is 18.8 Å². The Balaban J connectivity index is 1.90. The van der Waals surface area contributed by atoms with E-state index in [-0.39, 0.29) is 10.4 Å². The van der Waals surface area contributed by atoms with Crippen molar-refractivity contribution in [1.82, 2.24) is 4.98 Å². The lowest BCUT2D eigenvalue weighted by Gasteiger charge is -2.22. The normalized spacial score (nSPS) is 21.8. The van der Waals surface area contributed by atoms with Crippen LogP contribution in [0, 0.1) is 0 Å². The van der Waals surface area contributed by atoms with Crippen LogP contribution >= 0.6 is 33.1 Å². The van der Waals surface area contributed by atoms with Crippen LogP contribution < -0.4 is 4.74 Å². The van der Waals surface area contributed by atoms with Crippen LogP contribution in [-0.2, 0) is 8.87 Å². The van der Waals surface area contributed by atoms with E-state index in [1.807, 2.05) is 6.08 Å². The molecule has 1 aromatic carbocycles. The number of nitrogens with zero attached hydrogens (tertiary/aromatic N) is 1. The number of thiol groups is 1. The van der Waals surface area contributed by atoms with E-state index in [0.29, 0.717) is 23.1 Å². The molecule has 2 unspecified atom stereocenters. The van der Waals surface area contributed by atoms with Gasteiger partial charge in [-0.3, -0.25) is 0 Å². The molecule has 2 aromatic rings. The zero-order valence-electron chi connectivity index (χ0n) is 12.7. The van der Waals surface area contributed by atoms with E-state index >= 15 is 0 Å². The summed E-state index contributed by atoms with van der Waals surface area (Å²) in [6.45, 7) is 0. The molecule has 0 radical (unpaired) electrons. The Morgan fingerprint density at radius 1 is 1.21 bits per heavy atom. The van der Waals surface area contributed by atoms with E-state index in [4.69, 9.17) is 27.9 Å². The maximum atomic E-state index is 12.0. The Labute approximate surface area is 153 Å². The minimum atomic E-state index is -3.13. The van der Waals surface area contributed by atoms with Crippen LogP contribution in [0.4, 0.5) is 0 Å². The van der Waals surface area contributed by atoms with Crippen LogP contribution in [0.5, 0.6) is 11.6 Å². The van der Waals surface area contributed by atoms with Crippen molar-refractivity contribution in [2.45, 2.75) is 11.7 Å². The molecule has 1 aromatic heterocycles. The van der Waals surface area contributed by atoms with E-state index in [0.717, 1.165) is 5.56 Å². The second-order valence-corrected chi connectivity index (χ2v) is 12.5. The Hall–Kier alpha value is -1.21. The lowest BCUT2D eigenvalue weighted by atomic mass is 10.1. The molecule has 1 aliphatic heterocycles. The number of aromatic nitrogens is 1. The molecule has 0 saturated carbocycles. The van der Waals surface area contributed by atoms with Crippen molar-refractivity contribution < 1.29 is 13.2 Å². The molecule has 0 saturated heterocycles. The maximum absolute atomic E-state index is 12.0. The number of rotatable bonds is 4. The van der Waals surface area contributed by atoms with Gasteiger partial charge in [-0.05, 0) is 47.7 Å². The Bertz CT molecular complexity index is 883. The summed E-state index contributed by atoms with van der Waals surface area (Å²) in [6.07, 6.45) is 3.85. The number of hydrogen-bond donors (Lipinski definition) is 1. The highest BCUT2D eigenvalue weighted by atomic mass is 35.5. The van der Waals surface area contributed by atoms with Gasteiger partial charge in [0.1, 0.15) is 10.9 Å². The van der Waals surface area contributed by atoms with Gasteiger partial charge < -0.3 is 4.74 Å². The Kier molecular flexibility index (Phi) is 5.11. The molecular weight excluding hydrogens is 389 g/mol. The highest BCUT2D eigenvalue weighted by Gasteiger charge is 2.29. The maximum Gasteiger partial charge on any atom is 0.220 e. The molecule has 4 nitrogen and oxygen atoms in total. The van der Waals surface area contributed by atoms with Crippen LogP contribution in [0.3, 0.4) is 0 Å². The van der Waals surface area contributed by atoms with Gasteiger partial charge in [0, 0.05) is 22.6 Å². The van der Waals surface area contributed by atoms with Gasteiger partial charge in [-0.25, -0.2) is 13.4 Å². The highest BCUT2D eigenvalue weighted by Crippen LogP contribution is 2.55. The van der Waals surface area contributed by atoms with Crippen molar-refractivity contribution in [3.05, 3.63) is 63.6 Å². The van der Waals surface area contributed by atoms with Crippen LogP contribution in [0.1, 0.15) is 17.2 Å². The SMILES string of the molecule is CS(=O)(=O)[SH]1C=CCC1c1cc(Cl)nc(Oc2ccc(Cl)cc2)c1. The number of hydrogen-bond acceptors (Lipinski definition) is 4. The molecule has 24 heavy (non-hydrogen) atoms. The molecule has 0 amide bonds. The van der Waals surface area contributed by atoms with Crippen molar-refractivity contribution in [2.24, 2.45) is 0 Å². The Morgan fingerprint density at radius 3 is 2.58 bits per heavy atom. The second kappa shape index (κ2) is 6.96. The molecule has 3 rings (SSSR count). The predicted molar refractivity (Wildman–Crippen MR) is 101 cm³/mol. The van der Waals surface area contributed by atoms with Crippen LogP contribution in [0.15, 0.2) is 47.9 Å². The third kappa shape index (κ3) is 4.06. The molecular formula is C16H15Cl2NO3S2. The molecule has 0 aliphatic carbocycles. The first-order valence-corrected chi connectivity index (χ1v) is 11.8. The minimum absolute atomic E-state index is 0.122. The number of benzene rings is 1. The van der Waals surface area contributed by atoms with Gasteiger partial charge in [0.2, 0.25) is 5.88 Å². The number of pyridine rings is 1. The molecule has 2 atom stereocenters. The van der Waals surface area contributed by atoms with Gasteiger partial charge in [-0.2, -0.15) is 0 Å². The van der Waals surface area contributed by atoms with Crippen molar-refractivity contribution in [1.29, 1.82) is 0 Å². The van der Waals surface area contributed by atoms with Crippen molar-refractivity contribution in [3.63, 3.8) is 0 Å². The summed E-state index contributed by atoms with van der Waals surface area (Å²) in [4.78, 5) is 4.16. The molecule has 0 N–H and O–H groups in total. The summed E-state index contributed by atoms with van der Waals surface area (Å²) in [5.74, 6) is 0.908. The first kappa shape index (κ1) is 17.6. The summed E-state index contributed by atoms with van der Waals surface area (Å²) in [6, 6.07) is 10.3. The first-order chi connectivity index (χ1) is 11.3. The van der Waals surface area contributed by atoms with Crippen molar-refractivity contribution >= 4 is 42.0 Å². The van der Waals surface area contributed by atoms with Crippen LogP contribution in [-0.4, -0.2) is 19.7 Å². The standard InChI is InChI=1S/C16H15Cl2NO3S2/c1-24(20,21)23-8-2-3-14(23)11-9-15(18)19-16(10-11)22-13-6-4-12(17)5-7-13/h2,4-10,14,23H,3H2,1H3. The lowest BCUT2D eigenvalue weighted by Crippen LogP contribution is -2.03. The van der Waals surface area contributed by atoms with Gasteiger partial charge in [0.05, 0.1) is 0 Å². The third-order valence-electron chi connectivity index (χ3n) is 3.52. The van der Waals surface area contributed by atoms with Crippen LogP contribution in [0.25, 0.3) is 0 Å². The summed E-state index contributed by atoms with van der Waals surface area (Å²) >= 11 is 12.0. The number of ether oxygens (including phenoxy) is 1. The fourth-order valence-corrected chi connectivity index (χ4v) is 7.75. The zero-order chi connectivity index (χ0) is 17.3. The topological polar surface area (TPSA) is 56.3 Å². The van der Waals surface area contributed by atoms with Gasteiger partial charge in [0.25, 0.3) is 0 Å². The molecule has 1 aliphatic rings. The second-order valence-electron chi connectivity index (χ2n) is 5.35. The summed E-state index contributed by atoms with van der Waals surface area (Å²) in [7, 11) is -4.41. The number of allylic oxidation sites excluding steroid dienone is 1. The van der Waals surface area contributed by atoms with E-state index in [9.17, 15) is 8.42 Å². The van der Waals surface area contributed by atoms with E-state index in [1.165, 1.54) is 6.26 Å².